The van der Waals surface area contributed by atoms with Gasteiger partial charge in [-0.25, -0.2) is 0 Å². The van der Waals surface area contributed by atoms with Crippen LogP contribution >= 0.6 is 0 Å². The van der Waals surface area contributed by atoms with Crippen molar-refractivity contribution >= 4 is 0 Å². The van der Waals surface area contributed by atoms with E-state index in [1.807, 2.05) is 0 Å². The summed E-state index contributed by atoms with van der Waals surface area (Å²) < 4.78 is 5.70. The van der Waals surface area contributed by atoms with Crippen molar-refractivity contribution in [3.05, 3.63) is 0 Å². The van der Waals surface area contributed by atoms with Gasteiger partial charge in [-0.2, -0.15) is 0 Å². The highest BCUT2D eigenvalue weighted by Crippen LogP contribution is 2.29. The van der Waals surface area contributed by atoms with Crippen molar-refractivity contribution in [2.45, 2.75) is 6.10 Å². The summed E-state index contributed by atoms with van der Waals surface area (Å²) >= 11 is 0. The van der Waals surface area contributed by atoms with Crippen LogP contribution in [-0.4, -0.2) is 51.3 Å². The van der Waals surface area contributed by atoms with Crippen LogP contribution in [0.5, 0.6) is 0 Å². The van der Waals surface area contributed by atoms with Crippen LogP contribution < -0.4 is 5.32 Å². The van der Waals surface area contributed by atoms with Crippen molar-refractivity contribution in [1.29, 1.82) is 0 Å². The molecule has 12 heavy (non-hydrogen) atoms. The zero-order valence-corrected chi connectivity index (χ0v) is 7.92. The normalized spacial score (nSPS) is 40.8. The summed E-state index contributed by atoms with van der Waals surface area (Å²) in [4.78, 5) is 2.26. The standard InChI is InChI=1S/C9H18N2O/c1-11(2)5-7-6-12-9-4-10-3-8(7)9/h7-10H,3-6H2,1-2H3. The maximum Gasteiger partial charge on any atom is 0.0743 e. The van der Waals surface area contributed by atoms with E-state index in [1.54, 1.807) is 0 Å². The number of hydrogen-bond acceptors (Lipinski definition) is 3. The summed E-state index contributed by atoms with van der Waals surface area (Å²) in [6.45, 7) is 4.36. The van der Waals surface area contributed by atoms with Crippen molar-refractivity contribution in [3.63, 3.8) is 0 Å². The smallest absolute Gasteiger partial charge is 0.0743 e. The third kappa shape index (κ3) is 1.49. The first-order chi connectivity index (χ1) is 5.77. The number of nitrogens with one attached hydrogen (secondary N) is 1. The quantitative estimate of drug-likeness (QED) is 0.620. The first-order valence-electron chi connectivity index (χ1n) is 4.74. The van der Waals surface area contributed by atoms with E-state index in [0.717, 1.165) is 31.5 Å². The summed E-state index contributed by atoms with van der Waals surface area (Å²) in [7, 11) is 4.27. The maximum absolute atomic E-state index is 5.70. The van der Waals surface area contributed by atoms with Crippen LogP contribution in [0.4, 0.5) is 0 Å². The Hall–Kier alpha value is -0.120. The Morgan fingerprint density at radius 3 is 3.00 bits per heavy atom. The number of fused-ring (bicyclic) bond motifs is 1. The van der Waals surface area contributed by atoms with Gasteiger partial charge in [0.15, 0.2) is 0 Å². The lowest BCUT2D eigenvalue weighted by Gasteiger charge is -2.19. The molecule has 70 valence electrons. The van der Waals surface area contributed by atoms with Gasteiger partial charge in [0.2, 0.25) is 0 Å². The van der Waals surface area contributed by atoms with Crippen LogP contribution in [0.15, 0.2) is 0 Å². The molecule has 0 radical (unpaired) electrons. The molecule has 3 unspecified atom stereocenters. The second-order valence-corrected chi connectivity index (χ2v) is 4.22. The lowest BCUT2D eigenvalue weighted by atomic mass is 9.93. The van der Waals surface area contributed by atoms with Gasteiger partial charge in [0.25, 0.3) is 0 Å². The monoisotopic (exact) mass is 170 g/mol. The summed E-state index contributed by atoms with van der Waals surface area (Å²) in [5, 5.41) is 3.38. The minimum Gasteiger partial charge on any atom is -0.376 e. The van der Waals surface area contributed by atoms with Crippen LogP contribution in [0.3, 0.4) is 0 Å². The van der Waals surface area contributed by atoms with Crippen molar-refractivity contribution in [3.8, 4) is 0 Å². The fourth-order valence-corrected chi connectivity index (χ4v) is 2.36. The van der Waals surface area contributed by atoms with Gasteiger partial charge in [0.05, 0.1) is 12.7 Å². The second-order valence-electron chi connectivity index (χ2n) is 4.22. The highest BCUT2D eigenvalue weighted by Gasteiger charge is 2.40. The minimum absolute atomic E-state index is 0.509. The van der Waals surface area contributed by atoms with Crippen LogP contribution in [0.1, 0.15) is 0 Å². The van der Waals surface area contributed by atoms with E-state index >= 15 is 0 Å². The Morgan fingerprint density at radius 2 is 2.25 bits per heavy atom. The number of rotatable bonds is 2. The Kier molecular flexibility index (Phi) is 2.35. The van der Waals surface area contributed by atoms with Crippen LogP contribution in [-0.2, 0) is 4.74 Å². The van der Waals surface area contributed by atoms with Crippen LogP contribution in [0.25, 0.3) is 0 Å². The highest BCUT2D eigenvalue weighted by molar-refractivity contribution is 4.92. The number of hydrogen-bond donors (Lipinski definition) is 1. The second kappa shape index (κ2) is 3.32. The Bertz CT molecular complexity index is 161. The molecular weight excluding hydrogens is 152 g/mol. The molecule has 0 saturated carbocycles. The highest BCUT2D eigenvalue weighted by atomic mass is 16.5. The molecule has 0 aromatic rings. The Labute approximate surface area is 74.1 Å². The first-order valence-corrected chi connectivity index (χ1v) is 4.74. The van der Waals surface area contributed by atoms with Gasteiger partial charge in [0.1, 0.15) is 0 Å². The van der Waals surface area contributed by atoms with Crippen LogP contribution in [0.2, 0.25) is 0 Å². The third-order valence-electron chi connectivity index (χ3n) is 2.93. The van der Waals surface area contributed by atoms with E-state index in [0.29, 0.717) is 6.10 Å². The Morgan fingerprint density at radius 1 is 1.42 bits per heavy atom. The summed E-state index contributed by atoms with van der Waals surface area (Å²) in [5.41, 5.74) is 0. The molecular formula is C9H18N2O. The van der Waals surface area contributed by atoms with E-state index in [2.05, 4.69) is 24.3 Å². The summed E-state index contributed by atoms with van der Waals surface area (Å²) in [6.07, 6.45) is 0.509. The van der Waals surface area contributed by atoms with Gasteiger partial charge in [-0.05, 0) is 14.1 Å². The molecule has 0 amide bonds. The zero-order chi connectivity index (χ0) is 8.55. The Balaban J connectivity index is 1.91. The van der Waals surface area contributed by atoms with E-state index in [9.17, 15) is 0 Å². The molecule has 1 N–H and O–H groups in total. The summed E-state index contributed by atoms with van der Waals surface area (Å²) in [5.74, 6) is 1.52. The van der Waals surface area contributed by atoms with E-state index in [-0.39, 0.29) is 0 Å². The lowest BCUT2D eigenvalue weighted by molar-refractivity contribution is 0.108. The fraction of sp³-hybridized carbons (Fsp3) is 1.00. The van der Waals surface area contributed by atoms with E-state index in [1.165, 1.54) is 6.54 Å². The molecule has 2 fully saturated rings. The van der Waals surface area contributed by atoms with E-state index < -0.39 is 0 Å². The minimum atomic E-state index is 0.509. The SMILES string of the molecule is CN(C)CC1COC2CNCC12. The molecule has 0 aromatic carbocycles. The lowest BCUT2D eigenvalue weighted by Crippen LogP contribution is -2.29. The van der Waals surface area contributed by atoms with Crippen molar-refractivity contribution in [1.82, 2.24) is 10.2 Å². The van der Waals surface area contributed by atoms with Gasteiger partial charge in [-0.15, -0.1) is 0 Å². The first kappa shape index (κ1) is 8.48. The molecule has 2 rings (SSSR count). The van der Waals surface area contributed by atoms with Gasteiger partial charge in [-0.1, -0.05) is 0 Å². The maximum atomic E-state index is 5.70. The average molecular weight is 170 g/mol. The molecule has 0 bridgehead atoms. The molecule has 3 nitrogen and oxygen atoms in total. The zero-order valence-electron chi connectivity index (χ0n) is 7.92. The fourth-order valence-electron chi connectivity index (χ4n) is 2.36. The topological polar surface area (TPSA) is 24.5 Å². The third-order valence-corrected chi connectivity index (χ3v) is 2.93. The van der Waals surface area contributed by atoms with Crippen LogP contribution in [0, 0.1) is 11.8 Å². The van der Waals surface area contributed by atoms with Gasteiger partial charge in [-0.3, -0.25) is 0 Å². The van der Waals surface area contributed by atoms with Crippen molar-refractivity contribution in [2.75, 3.05) is 40.3 Å². The van der Waals surface area contributed by atoms with Gasteiger partial charge < -0.3 is 15.0 Å². The molecule has 2 aliphatic rings. The molecule has 3 heteroatoms. The molecule has 0 aliphatic carbocycles. The summed E-state index contributed by atoms with van der Waals surface area (Å²) in [6, 6.07) is 0. The van der Waals surface area contributed by atoms with Crippen molar-refractivity contribution in [2.24, 2.45) is 11.8 Å². The van der Waals surface area contributed by atoms with Gasteiger partial charge in [0, 0.05) is 31.5 Å². The average Bonchev–Trinajstić information content (AvgIpc) is 2.52. The number of ether oxygens (including phenoxy) is 1. The van der Waals surface area contributed by atoms with Gasteiger partial charge >= 0.3 is 0 Å². The predicted molar refractivity (Wildman–Crippen MR) is 48.1 cm³/mol. The van der Waals surface area contributed by atoms with E-state index in [4.69, 9.17) is 4.74 Å². The molecule has 0 spiro atoms. The molecule has 2 heterocycles. The largest absolute Gasteiger partial charge is 0.376 e. The molecule has 3 atom stereocenters. The van der Waals surface area contributed by atoms with Crippen molar-refractivity contribution < 1.29 is 4.74 Å². The molecule has 0 aromatic heterocycles. The predicted octanol–water partition coefficient (Wildman–Crippen LogP) is -0.218. The number of nitrogens with zero attached hydrogens (tertiary/aromatic N) is 1. The molecule has 2 saturated heterocycles. The molecule has 2 aliphatic heterocycles.